The molecule has 0 aromatic carbocycles. The van der Waals surface area contributed by atoms with E-state index in [1.807, 2.05) is 0 Å². The van der Waals surface area contributed by atoms with E-state index >= 15 is 0 Å². The van der Waals surface area contributed by atoms with Gasteiger partial charge in [0.1, 0.15) is 0 Å². The Hall–Kier alpha value is -1.33. The molecule has 7 heteroatoms. The van der Waals surface area contributed by atoms with Crippen molar-refractivity contribution in [2.24, 2.45) is 0 Å². The highest BCUT2D eigenvalue weighted by atomic mass is 19.3. The SMILES string of the molecule is CCOC(=O)C(=[N+]=[N-])C(OCC)C(C)(F)F. The van der Waals surface area contributed by atoms with E-state index in [-0.39, 0.29) is 13.2 Å². The van der Waals surface area contributed by atoms with E-state index in [9.17, 15) is 13.6 Å². The zero-order valence-electron chi connectivity index (χ0n) is 9.37. The first kappa shape index (κ1) is 14.7. The summed E-state index contributed by atoms with van der Waals surface area (Å²) in [5.74, 6) is -4.46. The number of carbonyl (C=O) groups excluding carboxylic acids is 1. The molecule has 0 saturated carbocycles. The summed E-state index contributed by atoms with van der Waals surface area (Å²) in [7, 11) is 0. The maximum absolute atomic E-state index is 13.1. The van der Waals surface area contributed by atoms with Crippen LogP contribution >= 0.6 is 0 Å². The molecule has 0 aliphatic heterocycles. The molecule has 0 rings (SSSR count). The van der Waals surface area contributed by atoms with Crippen molar-refractivity contribution >= 4 is 11.7 Å². The van der Waals surface area contributed by atoms with Crippen LogP contribution in [0, 0.1) is 0 Å². The smallest absolute Gasteiger partial charge is 0.420 e. The van der Waals surface area contributed by atoms with E-state index in [1.54, 1.807) is 0 Å². The average molecular weight is 236 g/mol. The molecule has 0 aromatic heterocycles. The lowest BCUT2D eigenvalue weighted by Gasteiger charge is -2.18. The summed E-state index contributed by atoms with van der Waals surface area (Å²) in [5, 5.41) is 0. The molecule has 0 heterocycles. The lowest BCUT2D eigenvalue weighted by Crippen LogP contribution is -2.45. The third-order valence-electron chi connectivity index (χ3n) is 1.63. The van der Waals surface area contributed by atoms with Gasteiger partial charge in [-0.25, -0.2) is 13.6 Å². The number of ether oxygens (including phenoxy) is 2. The predicted molar refractivity (Wildman–Crippen MR) is 51.3 cm³/mol. The van der Waals surface area contributed by atoms with E-state index in [2.05, 4.69) is 14.3 Å². The summed E-state index contributed by atoms with van der Waals surface area (Å²) in [4.78, 5) is 13.7. The van der Waals surface area contributed by atoms with Crippen LogP contribution in [0.1, 0.15) is 20.8 Å². The van der Waals surface area contributed by atoms with Gasteiger partial charge in [0.2, 0.25) is 6.10 Å². The highest BCUT2D eigenvalue weighted by Gasteiger charge is 2.48. The second-order valence-electron chi connectivity index (χ2n) is 3.00. The topological polar surface area (TPSA) is 71.9 Å². The van der Waals surface area contributed by atoms with Crippen LogP contribution in [0.3, 0.4) is 0 Å². The third kappa shape index (κ3) is 4.04. The Morgan fingerprint density at radius 1 is 1.44 bits per heavy atom. The number of nitrogens with zero attached hydrogens (tertiary/aromatic N) is 2. The normalized spacial score (nSPS) is 12.8. The van der Waals surface area contributed by atoms with Crippen molar-refractivity contribution in [1.82, 2.24) is 0 Å². The van der Waals surface area contributed by atoms with E-state index in [0.29, 0.717) is 6.92 Å². The first-order valence-electron chi connectivity index (χ1n) is 4.76. The molecule has 0 fully saturated rings. The average Bonchev–Trinajstić information content (AvgIpc) is 2.16. The summed E-state index contributed by atoms with van der Waals surface area (Å²) in [6.07, 6.45) is -1.92. The van der Waals surface area contributed by atoms with Crippen LogP contribution in [0.5, 0.6) is 0 Å². The van der Waals surface area contributed by atoms with E-state index in [1.165, 1.54) is 13.8 Å². The minimum atomic E-state index is -3.34. The minimum Gasteiger partial charge on any atom is -0.457 e. The van der Waals surface area contributed by atoms with Gasteiger partial charge in [0.05, 0.1) is 6.61 Å². The van der Waals surface area contributed by atoms with Crippen molar-refractivity contribution in [3.63, 3.8) is 0 Å². The van der Waals surface area contributed by atoms with Gasteiger partial charge in [0.15, 0.2) is 0 Å². The molecule has 0 spiro atoms. The number of rotatable bonds is 6. The van der Waals surface area contributed by atoms with Crippen molar-refractivity contribution in [2.75, 3.05) is 13.2 Å². The molecule has 0 amide bonds. The van der Waals surface area contributed by atoms with Crippen molar-refractivity contribution in [1.29, 1.82) is 0 Å². The maximum Gasteiger partial charge on any atom is 0.420 e. The van der Waals surface area contributed by atoms with Crippen LogP contribution in [0.25, 0.3) is 5.53 Å². The summed E-state index contributed by atoms with van der Waals surface area (Å²) in [6.45, 7) is 3.50. The summed E-state index contributed by atoms with van der Waals surface area (Å²) in [6, 6.07) is 0. The van der Waals surface area contributed by atoms with Crippen molar-refractivity contribution in [2.45, 2.75) is 32.8 Å². The fourth-order valence-electron chi connectivity index (χ4n) is 1.04. The molecular weight excluding hydrogens is 222 g/mol. The minimum absolute atomic E-state index is 0.00795. The maximum atomic E-state index is 13.1. The van der Waals surface area contributed by atoms with Crippen molar-refractivity contribution in [3.05, 3.63) is 5.53 Å². The van der Waals surface area contributed by atoms with Crippen molar-refractivity contribution in [3.8, 4) is 0 Å². The van der Waals surface area contributed by atoms with Gasteiger partial charge in [0.25, 0.3) is 5.92 Å². The molecule has 0 N–H and O–H groups in total. The zero-order chi connectivity index (χ0) is 12.8. The molecule has 0 radical (unpaired) electrons. The molecule has 0 bridgehead atoms. The molecule has 5 nitrogen and oxygen atoms in total. The Morgan fingerprint density at radius 3 is 2.31 bits per heavy atom. The largest absolute Gasteiger partial charge is 0.457 e. The number of hydrogen-bond acceptors (Lipinski definition) is 3. The monoisotopic (exact) mass is 236 g/mol. The van der Waals surface area contributed by atoms with Crippen LogP contribution in [0.4, 0.5) is 8.78 Å². The van der Waals surface area contributed by atoms with E-state index in [0.717, 1.165) is 0 Å². The summed E-state index contributed by atoms with van der Waals surface area (Å²) in [5.41, 5.74) is 7.72. The number of halogens is 2. The highest BCUT2D eigenvalue weighted by molar-refractivity contribution is 6.36. The molecule has 0 saturated heterocycles. The molecule has 1 atom stereocenters. The Balaban J connectivity index is 5.02. The Morgan fingerprint density at radius 2 is 2.00 bits per heavy atom. The lowest BCUT2D eigenvalue weighted by atomic mass is 10.1. The quantitative estimate of drug-likeness (QED) is 0.302. The van der Waals surface area contributed by atoms with Crippen LogP contribution in [0.15, 0.2) is 0 Å². The Labute approximate surface area is 92.0 Å². The van der Waals surface area contributed by atoms with Crippen LogP contribution in [-0.2, 0) is 14.3 Å². The molecule has 92 valence electrons. The fourth-order valence-corrected chi connectivity index (χ4v) is 1.04. The second-order valence-corrected chi connectivity index (χ2v) is 3.00. The number of alkyl halides is 2. The van der Waals surface area contributed by atoms with Crippen LogP contribution in [0.2, 0.25) is 0 Å². The first-order valence-corrected chi connectivity index (χ1v) is 4.76. The van der Waals surface area contributed by atoms with E-state index in [4.69, 9.17) is 5.53 Å². The molecule has 16 heavy (non-hydrogen) atoms. The van der Waals surface area contributed by atoms with Gasteiger partial charge < -0.3 is 15.0 Å². The van der Waals surface area contributed by atoms with Gasteiger partial charge in [-0.3, -0.25) is 0 Å². The van der Waals surface area contributed by atoms with Gasteiger partial charge in [0, 0.05) is 13.5 Å². The predicted octanol–water partition coefficient (Wildman–Crippen LogP) is 1.28. The third-order valence-corrected chi connectivity index (χ3v) is 1.63. The summed E-state index contributed by atoms with van der Waals surface area (Å²) < 4.78 is 35.3. The van der Waals surface area contributed by atoms with Gasteiger partial charge in [-0.2, -0.15) is 4.79 Å². The van der Waals surface area contributed by atoms with Crippen molar-refractivity contribution < 1.29 is 27.8 Å². The van der Waals surface area contributed by atoms with E-state index < -0.39 is 23.7 Å². The standard InChI is InChI=1S/C9H14F2N2O3/c1-4-15-7(9(3,10)11)6(13-12)8(14)16-5-2/h7H,4-5H2,1-3H3. The van der Waals surface area contributed by atoms with Crippen LogP contribution in [-0.4, -0.2) is 41.7 Å². The number of carbonyl (C=O) groups is 1. The van der Waals surface area contributed by atoms with Crippen LogP contribution < -0.4 is 0 Å². The van der Waals surface area contributed by atoms with Gasteiger partial charge in [-0.1, -0.05) is 0 Å². The molecule has 0 aliphatic rings. The zero-order valence-corrected chi connectivity index (χ0v) is 9.37. The van der Waals surface area contributed by atoms with Gasteiger partial charge in [-0.15, -0.1) is 0 Å². The molecule has 0 aromatic rings. The Kier molecular flexibility index (Phi) is 5.77. The van der Waals surface area contributed by atoms with Gasteiger partial charge in [-0.05, 0) is 13.8 Å². The Bertz CT molecular complexity index is 296. The summed E-state index contributed by atoms with van der Waals surface area (Å²) >= 11 is 0. The number of esters is 1. The van der Waals surface area contributed by atoms with Gasteiger partial charge >= 0.3 is 11.7 Å². The molecule has 0 aliphatic carbocycles. The molecule has 1 unspecified atom stereocenters. The fraction of sp³-hybridized carbons (Fsp3) is 0.778. The highest BCUT2D eigenvalue weighted by Crippen LogP contribution is 2.21. The first-order chi connectivity index (χ1) is 7.38. The molecular formula is C9H14F2N2O3. The lowest BCUT2D eigenvalue weighted by molar-refractivity contribution is -0.150. The second kappa shape index (κ2) is 6.30. The number of hydrogen-bond donors (Lipinski definition) is 0.